The van der Waals surface area contributed by atoms with Gasteiger partial charge >= 0.3 is 0 Å². The van der Waals surface area contributed by atoms with Crippen LogP contribution in [-0.4, -0.2) is 34.6 Å². The summed E-state index contributed by atoms with van der Waals surface area (Å²) in [7, 11) is 2.16. The van der Waals surface area contributed by atoms with Crippen LogP contribution < -0.4 is 0 Å². The van der Waals surface area contributed by atoms with Gasteiger partial charge in [-0.05, 0) is 39.2 Å². The number of likely N-dealkylation sites (tertiary alicyclic amines) is 1. The lowest BCUT2D eigenvalue weighted by atomic mass is 10.2. The minimum atomic E-state index is 0.573. The van der Waals surface area contributed by atoms with E-state index in [4.69, 9.17) is 12.2 Å². The molecule has 1 saturated heterocycles. The highest BCUT2D eigenvalue weighted by Crippen LogP contribution is 2.21. The van der Waals surface area contributed by atoms with Crippen LogP contribution in [0.15, 0.2) is 6.20 Å². The molecule has 4 heteroatoms. The molecule has 0 radical (unpaired) electrons. The molecule has 3 nitrogen and oxygen atoms in total. The van der Waals surface area contributed by atoms with E-state index in [1.807, 2.05) is 6.20 Å². The Balaban J connectivity index is 2.30. The molecule has 1 fully saturated rings. The Bertz CT molecular complexity index is 352. The van der Waals surface area contributed by atoms with Gasteiger partial charge in [-0.2, -0.15) is 0 Å². The van der Waals surface area contributed by atoms with Crippen molar-refractivity contribution in [3.8, 4) is 0 Å². The van der Waals surface area contributed by atoms with Crippen LogP contribution in [0.25, 0.3) is 0 Å². The van der Waals surface area contributed by atoms with Gasteiger partial charge in [-0.1, -0.05) is 0 Å². The lowest BCUT2D eigenvalue weighted by molar-refractivity contribution is 0.390. The van der Waals surface area contributed by atoms with Gasteiger partial charge < -0.3 is 14.5 Å². The van der Waals surface area contributed by atoms with Crippen LogP contribution in [0.2, 0.25) is 0 Å². The summed E-state index contributed by atoms with van der Waals surface area (Å²) in [6.45, 7) is 4.40. The molecule has 0 spiro atoms. The Morgan fingerprint density at radius 2 is 2.38 bits per heavy atom. The number of aromatic amines is 1. The van der Waals surface area contributed by atoms with E-state index in [2.05, 4.69) is 28.4 Å². The average Bonchev–Trinajstić information content (AvgIpc) is 2.60. The maximum atomic E-state index is 5.24. The average molecular weight is 197 g/mol. The number of H-pyrrole nitrogens is 1. The Morgan fingerprint density at radius 1 is 1.62 bits per heavy atom. The summed E-state index contributed by atoms with van der Waals surface area (Å²) in [5, 5.41) is 0. The number of aryl methyl sites for hydroxylation is 1. The Labute approximate surface area is 83.4 Å². The predicted molar refractivity (Wildman–Crippen MR) is 55.5 cm³/mol. The fourth-order valence-corrected chi connectivity index (χ4v) is 2.39. The number of likely N-dealkylation sites (N-methyl/N-ethyl adjacent to an activating group) is 1. The quantitative estimate of drug-likeness (QED) is 0.693. The molecule has 0 bridgehead atoms. The lowest BCUT2D eigenvalue weighted by Crippen LogP contribution is -2.17. The second kappa shape index (κ2) is 3.27. The third kappa shape index (κ3) is 1.56. The Morgan fingerprint density at radius 3 is 2.85 bits per heavy atom. The molecule has 1 N–H and O–H groups in total. The van der Waals surface area contributed by atoms with Gasteiger partial charge in [0.2, 0.25) is 0 Å². The van der Waals surface area contributed by atoms with Crippen molar-refractivity contribution in [2.45, 2.75) is 19.4 Å². The van der Waals surface area contributed by atoms with Crippen LogP contribution in [-0.2, 0) is 0 Å². The summed E-state index contributed by atoms with van der Waals surface area (Å²) in [5.41, 5.74) is 1.24. The fourth-order valence-electron chi connectivity index (χ4n) is 2.04. The molecule has 72 valence electrons. The van der Waals surface area contributed by atoms with Gasteiger partial charge in [0, 0.05) is 24.5 Å². The second-order valence-corrected chi connectivity index (χ2v) is 4.20. The number of hydrogen-bond donors (Lipinski definition) is 1. The number of imidazole rings is 1. The van der Waals surface area contributed by atoms with Crippen LogP contribution in [0, 0.1) is 11.7 Å². The third-order valence-electron chi connectivity index (χ3n) is 2.73. The van der Waals surface area contributed by atoms with Crippen molar-refractivity contribution in [1.29, 1.82) is 0 Å². The van der Waals surface area contributed by atoms with E-state index in [0.717, 1.165) is 11.3 Å². The molecule has 0 aliphatic carbocycles. The van der Waals surface area contributed by atoms with Gasteiger partial charge in [0.1, 0.15) is 0 Å². The summed E-state index contributed by atoms with van der Waals surface area (Å²) >= 11 is 5.24. The van der Waals surface area contributed by atoms with Crippen molar-refractivity contribution in [3.63, 3.8) is 0 Å². The summed E-state index contributed by atoms with van der Waals surface area (Å²) in [5.74, 6) is 0. The van der Waals surface area contributed by atoms with Gasteiger partial charge in [0.05, 0.1) is 0 Å². The zero-order valence-corrected chi connectivity index (χ0v) is 8.90. The standard InChI is InChI=1S/C9H15N3S/c1-7-5-10-9(13)12(7)8-3-4-11(2)6-8/h5,8H,3-4,6H2,1-2H3,(H,10,13). The highest BCUT2D eigenvalue weighted by molar-refractivity contribution is 7.71. The first-order valence-electron chi connectivity index (χ1n) is 4.63. The summed E-state index contributed by atoms with van der Waals surface area (Å²) in [6, 6.07) is 0.573. The van der Waals surface area contributed by atoms with Crippen molar-refractivity contribution < 1.29 is 0 Å². The minimum Gasteiger partial charge on any atom is -0.337 e. The first-order chi connectivity index (χ1) is 6.18. The monoisotopic (exact) mass is 197 g/mol. The molecule has 0 saturated carbocycles. The zero-order valence-electron chi connectivity index (χ0n) is 8.08. The predicted octanol–water partition coefficient (Wildman–Crippen LogP) is 1.73. The van der Waals surface area contributed by atoms with Gasteiger partial charge in [0.15, 0.2) is 4.77 Å². The van der Waals surface area contributed by atoms with E-state index in [1.165, 1.54) is 18.7 Å². The van der Waals surface area contributed by atoms with Crippen molar-refractivity contribution in [3.05, 3.63) is 16.7 Å². The first kappa shape index (κ1) is 8.97. The number of hydrogen-bond acceptors (Lipinski definition) is 2. The summed E-state index contributed by atoms with van der Waals surface area (Å²) in [4.78, 5) is 5.43. The molecular formula is C9H15N3S. The molecule has 0 amide bonds. The summed E-state index contributed by atoms with van der Waals surface area (Å²) in [6.07, 6.45) is 3.20. The smallest absolute Gasteiger partial charge is 0.177 e. The number of aromatic nitrogens is 2. The minimum absolute atomic E-state index is 0.573. The first-order valence-corrected chi connectivity index (χ1v) is 5.04. The molecule has 1 aliphatic heterocycles. The van der Waals surface area contributed by atoms with E-state index in [1.54, 1.807) is 0 Å². The van der Waals surface area contributed by atoms with Crippen LogP contribution in [0.5, 0.6) is 0 Å². The normalized spacial score (nSPS) is 24.0. The van der Waals surface area contributed by atoms with E-state index in [9.17, 15) is 0 Å². The van der Waals surface area contributed by atoms with Gasteiger partial charge in [-0.3, -0.25) is 0 Å². The van der Waals surface area contributed by atoms with Gasteiger partial charge in [-0.15, -0.1) is 0 Å². The highest BCUT2D eigenvalue weighted by Gasteiger charge is 2.22. The van der Waals surface area contributed by atoms with Gasteiger partial charge in [-0.25, -0.2) is 0 Å². The molecule has 1 aromatic heterocycles. The largest absolute Gasteiger partial charge is 0.337 e. The SMILES string of the molecule is Cc1c[nH]c(=S)n1C1CCN(C)C1. The van der Waals surface area contributed by atoms with Gasteiger partial charge in [0.25, 0.3) is 0 Å². The molecule has 1 unspecified atom stereocenters. The van der Waals surface area contributed by atoms with E-state index >= 15 is 0 Å². The number of nitrogens with one attached hydrogen (secondary N) is 1. The Hall–Kier alpha value is -0.610. The zero-order chi connectivity index (χ0) is 9.42. The fraction of sp³-hybridized carbons (Fsp3) is 0.667. The van der Waals surface area contributed by atoms with Crippen LogP contribution in [0.4, 0.5) is 0 Å². The van der Waals surface area contributed by atoms with Crippen molar-refractivity contribution in [2.75, 3.05) is 20.1 Å². The molecule has 2 rings (SSSR count). The van der Waals surface area contributed by atoms with Crippen molar-refractivity contribution in [2.24, 2.45) is 0 Å². The molecule has 2 heterocycles. The molecule has 13 heavy (non-hydrogen) atoms. The Kier molecular flexibility index (Phi) is 2.26. The van der Waals surface area contributed by atoms with Crippen LogP contribution in [0.3, 0.4) is 0 Å². The second-order valence-electron chi connectivity index (χ2n) is 3.81. The number of rotatable bonds is 1. The van der Waals surface area contributed by atoms with Crippen molar-refractivity contribution >= 4 is 12.2 Å². The third-order valence-corrected chi connectivity index (χ3v) is 3.05. The summed E-state index contributed by atoms with van der Waals surface area (Å²) < 4.78 is 3.09. The molecular weight excluding hydrogens is 182 g/mol. The molecule has 1 aliphatic rings. The van der Waals surface area contributed by atoms with E-state index in [-0.39, 0.29) is 0 Å². The maximum absolute atomic E-state index is 5.24. The number of nitrogens with zero attached hydrogens (tertiary/aromatic N) is 2. The highest BCUT2D eigenvalue weighted by atomic mass is 32.1. The van der Waals surface area contributed by atoms with E-state index in [0.29, 0.717) is 6.04 Å². The lowest BCUT2D eigenvalue weighted by Gasteiger charge is -2.13. The van der Waals surface area contributed by atoms with Crippen LogP contribution >= 0.6 is 12.2 Å². The van der Waals surface area contributed by atoms with Crippen molar-refractivity contribution in [1.82, 2.24) is 14.5 Å². The van der Waals surface area contributed by atoms with Crippen LogP contribution in [0.1, 0.15) is 18.2 Å². The molecule has 1 atom stereocenters. The molecule has 1 aromatic rings. The maximum Gasteiger partial charge on any atom is 0.177 e. The topological polar surface area (TPSA) is 24.0 Å². The molecule has 0 aromatic carbocycles. The van der Waals surface area contributed by atoms with E-state index < -0.39 is 0 Å².